The Balaban J connectivity index is 1.55. The van der Waals surface area contributed by atoms with Gasteiger partial charge >= 0.3 is 0 Å². The topological polar surface area (TPSA) is 75.7 Å². The second kappa shape index (κ2) is 10.4. The number of nitrogens with zero attached hydrogens (tertiary/aromatic N) is 1. The van der Waals surface area contributed by atoms with E-state index in [9.17, 15) is 14.4 Å². The fourth-order valence-electron chi connectivity index (χ4n) is 3.93. The van der Waals surface area contributed by atoms with E-state index in [2.05, 4.69) is 5.32 Å². The minimum atomic E-state index is -0.118. The van der Waals surface area contributed by atoms with Crippen LogP contribution in [0.3, 0.4) is 0 Å². The van der Waals surface area contributed by atoms with Crippen LogP contribution in [-0.4, -0.2) is 42.7 Å². The van der Waals surface area contributed by atoms with Crippen LogP contribution in [-0.2, 0) is 4.79 Å². The lowest BCUT2D eigenvalue weighted by atomic mass is 9.92. The van der Waals surface area contributed by atoms with Crippen molar-refractivity contribution in [3.8, 4) is 5.75 Å². The number of rotatable bonds is 7. The van der Waals surface area contributed by atoms with Crippen LogP contribution in [0.2, 0.25) is 5.02 Å². The first-order chi connectivity index (χ1) is 14.9. The molecule has 164 valence electrons. The van der Waals surface area contributed by atoms with Crippen molar-refractivity contribution in [2.45, 2.75) is 32.6 Å². The molecule has 0 spiro atoms. The summed E-state index contributed by atoms with van der Waals surface area (Å²) in [6.07, 6.45) is 2.91. The number of piperidine rings is 1. The standard InChI is InChI=1S/C24H27ClN2O4/c1-16(28)19-7-3-4-8-20(19)24(30)27-13-5-6-17(15-27)9-12-23(29)26-18-10-11-22(31-2)21(25)14-18/h3-4,7-8,10-11,14,17H,5-6,9,12-13,15H2,1-2H3,(H,26,29)/t17-/m1/s1. The lowest BCUT2D eigenvalue weighted by Gasteiger charge is -2.33. The monoisotopic (exact) mass is 442 g/mol. The van der Waals surface area contributed by atoms with Crippen molar-refractivity contribution in [2.24, 2.45) is 5.92 Å². The van der Waals surface area contributed by atoms with Gasteiger partial charge in [0.1, 0.15) is 5.75 Å². The minimum absolute atomic E-state index is 0.0911. The first-order valence-corrected chi connectivity index (χ1v) is 10.8. The molecule has 2 aromatic rings. The Hall–Kier alpha value is -2.86. The Morgan fingerprint density at radius 2 is 1.90 bits per heavy atom. The van der Waals surface area contributed by atoms with Gasteiger partial charge in [-0.3, -0.25) is 14.4 Å². The van der Waals surface area contributed by atoms with E-state index < -0.39 is 0 Å². The number of Topliss-reactive ketones (excluding diaryl/α,β-unsaturated/α-hetero) is 1. The molecule has 0 radical (unpaired) electrons. The third-order valence-corrected chi connectivity index (χ3v) is 5.85. The van der Waals surface area contributed by atoms with Crippen LogP contribution >= 0.6 is 11.6 Å². The molecule has 2 aromatic carbocycles. The summed E-state index contributed by atoms with van der Waals surface area (Å²) < 4.78 is 5.12. The molecular weight excluding hydrogens is 416 g/mol. The highest BCUT2D eigenvalue weighted by Crippen LogP contribution is 2.28. The molecule has 0 saturated carbocycles. The lowest BCUT2D eigenvalue weighted by molar-refractivity contribution is -0.116. The average molecular weight is 443 g/mol. The zero-order valence-corrected chi connectivity index (χ0v) is 18.6. The van der Waals surface area contributed by atoms with Crippen molar-refractivity contribution in [2.75, 3.05) is 25.5 Å². The molecule has 1 heterocycles. The van der Waals surface area contributed by atoms with Gasteiger partial charge in [0, 0.05) is 30.8 Å². The number of ketones is 1. The second-order valence-electron chi connectivity index (χ2n) is 7.80. The summed E-state index contributed by atoms with van der Waals surface area (Å²) in [6.45, 7) is 2.73. The van der Waals surface area contributed by atoms with Crippen molar-refractivity contribution >= 4 is 34.9 Å². The molecule has 1 aliphatic rings. The van der Waals surface area contributed by atoms with Crippen molar-refractivity contribution in [3.05, 3.63) is 58.6 Å². The van der Waals surface area contributed by atoms with Gasteiger partial charge < -0.3 is 15.0 Å². The number of benzene rings is 2. The molecule has 31 heavy (non-hydrogen) atoms. The number of halogens is 1. The predicted molar refractivity (Wildman–Crippen MR) is 121 cm³/mol. The van der Waals surface area contributed by atoms with E-state index in [-0.39, 0.29) is 23.5 Å². The first kappa shape index (κ1) is 22.8. The average Bonchev–Trinajstić information content (AvgIpc) is 2.77. The highest BCUT2D eigenvalue weighted by molar-refractivity contribution is 6.32. The molecule has 0 unspecified atom stereocenters. The maximum atomic E-state index is 13.0. The van der Waals surface area contributed by atoms with Gasteiger partial charge in [-0.1, -0.05) is 29.8 Å². The summed E-state index contributed by atoms with van der Waals surface area (Å²) in [4.78, 5) is 39.1. The van der Waals surface area contributed by atoms with Gasteiger partial charge in [0.15, 0.2) is 5.78 Å². The van der Waals surface area contributed by atoms with Crippen LogP contribution in [0.15, 0.2) is 42.5 Å². The third-order valence-electron chi connectivity index (χ3n) is 5.56. The number of likely N-dealkylation sites (tertiary alicyclic amines) is 1. The Morgan fingerprint density at radius 3 is 2.58 bits per heavy atom. The van der Waals surface area contributed by atoms with Crippen LogP contribution in [0, 0.1) is 5.92 Å². The Kier molecular flexibility index (Phi) is 7.69. The van der Waals surface area contributed by atoms with Gasteiger partial charge in [-0.05, 0) is 56.4 Å². The molecule has 3 rings (SSSR count). The molecule has 0 bridgehead atoms. The Labute approximate surface area is 187 Å². The Bertz CT molecular complexity index is 976. The number of carbonyl (C=O) groups excluding carboxylic acids is 3. The first-order valence-electron chi connectivity index (χ1n) is 10.4. The number of nitrogens with one attached hydrogen (secondary N) is 1. The molecule has 1 N–H and O–H groups in total. The maximum Gasteiger partial charge on any atom is 0.254 e. The molecule has 1 saturated heterocycles. The van der Waals surface area contributed by atoms with E-state index in [1.807, 2.05) is 0 Å². The van der Waals surface area contributed by atoms with Crippen LogP contribution < -0.4 is 10.1 Å². The summed E-state index contributed by atoms with van der Waals surface area (Å²) >= 11 is 6.10. The number of anilines is 1. The summed E-state index contributed by atoms with van der Waals surface area (Å²) in [5.41, 5.74) is 1.52. The maximum absolute atomic E-state index is 13.0. The van der Waals surface area contributed by atoms with Crippen molar-refractivity contribution in [3.63, 3.8) is 0 Å². The van der Waals surface area contributed by atoms with Crippen LogP contribution in [0.1, 0.15) is 53.3 Å². The number of carbonyl (C=O) groups is 3. The molecule has 1 aliphatic heterocycles. The summed E-state index contributed by atoms with van der Waals surface area (Å²) in [5, 5.41) is 3.29. The van der Waals surface area contributed by atoms with Gasteiger partial charge in [0.25, 0.3) is 5.91 Å². The number of methoxy groups -OCH3 is 1. The van der Waals surface area contributed by atoms with Gasteiger partial charge in [-0.2, -0.15) is 0 Å². The van der Waals surface area contributed by atoms with Crippen LogP contribution in [0.25, 0.3) is 0 Å². The van der Waals surface area contributed by atoms with Crippen molar-refractivity contribution in [1.29, 1.82) is 0 Å². The number of ether oxygens (including phenoxy) is 1. The summed E-state index contributed by atoms with van der Waals surface area (Å²) in [7, 11) is 1.54. The van der Waals surface area contributed by atoms with Crippen LogP contribution in [0.5, 0.6) is 5.75 Å². The minimum Gasteiger partial charge on any atom is -0.495 e. The van der Waals surface area contributed by atoms with Gasteiger partial charge in [-0.15, -0.1) is 0 Å². The van der Waals surface area contributed by atoms with Crippen LogP contribution in [0.4, 0.5) is 5.69 Å². The SMILES string of the molecule is COc1ccc(NC(=O)CC[C@H]2CCCN(C(=O)c3ccccc3C(C)=O)C2)cc1Cl. The van der Waals surface area contributed by atoms with Crippen molar-refractivity contribution < 1.29 is 19.1 Å². The third kappa shape index (κ3) is 5.85. The second-order valence-corrected chi connectivity index (χ2v) is 8.20. The van der Waals surface area contributed by atoms with E-state index >= 15 is 0 Å². The molecule has 1 atom stereocenters. The fourth-order valence-corrected chi connectivity index (χ4v) is 4.19. The number of hydrogen-bond donors (Lipinski definition) is 1. The molecule has 6 nitrogen and oxygen atoms in total. The van der Waals surface area contributed by atoms with E-state index in [1.54, 1.807) is 47.4 Å². The van der Waals surface area contributed by atoms with Gasteiger partial charge in [0.2, 0.25) is 5.91 Å². The number of hydrogen-bond acceptors (Lipinski definition) is 4. The smallest absolute Gasteiger partial charge is 0.254 e. The molecule has 0 aromatic heterocycles. The molecule has 0 aliphatic carbocycles. The summed E-state index contributed by atoms with van der Waals surface area (Å²) in [5.74, 6) is 0.470. The lowest BCUT2D eigenvalue weighted by Crippen LogP contribution is -2.40. The fraction of sp³-hybridized carbons (Fsp3) is 0.375. The van der Waals surface area contributed by atoms with Gasteiger partial charge in [0.05, 0.1) is 17.7 Å². The normalized spacial score (nSPS) is 16.0. The Morgan fingerprint density at radius 1 is 1.16 bits per heavy atom. The highest BCUT2D eigenvalue weighted by Gasteiger charge is 2.26. The highest BCUT2D eigenvalue weighted by atomic mass is 35.5. The predicted octanol–water partition coefficient (Wildman–Crippen LogP) is 4.82. The van der Waals surface area contributed by atoms with E-state index in [0.29, 0.717) is 53.5 Å². The van der Waals surface area contributed by atoms with Gasteiger partial charge in [-0.25, -0.2) is 0 Å². The molecule has 1 fully saturated rings. The summed E-state index contributed by atoms with van der Waals surface area (Å²) in [6, 6.07) is 12.0. The van der Waals surface area contributed by atoms with E-state index in [4.69, 9.17) is 16.3 Å². The van der Waals surface area contributed by atoms with Crippen molar-refractivity contribution in [1.82, 2.24) is 4.90 Å². The number of amides is 2. The largest absolute Gasteiger partial charge is 0.495 e. The molecule has 2 amide bonds. The quantitative estimate of drug-likeness (QED) is 0.623. The molecular formula is C24H27ClN2O4. The van der Waals surface area contributed by atoms with E-state index in [0.717, 1.165) is 12.8 Å². The zero-order chi connectivity index (χ0) is 22.4. The van der Waals surface area contributed by atoms with E-state index in [1.165, 1.54) is 14.0 Å². The molecule has 7 heteroatoms. The zero-order valence-electron chi connectivity index (χ0n) is 17.8.